The van der Waals surface area contributed by atoms with E-state index in [9.17, 15) is 4.79 Å². The molecule has 0 unspecified atom stereocenters. The number of rotatable bonds is 7. The zero-order valence-electron chi connectivity index (χ0n) is 14.1. The van der Waals surface area contributed by atoms with Gasteiger partial charge in [-0.25, -0.2) is 9.97 Å². The first kappa shape index (κ1) is 17.6. The van der Waals surface area contributed by atoms with Crippen LogP contribution in [0.15, 0.2) is 54.0 Å². The van der Waals surface area contributed by atoms with Crippen molar-refractivity contribution in [3.63, 3.8) is 0 Å². The van der Waals surface area contributed by atoms with E-state index in [1.54, 1.807) is 23.5 Å². The van der Waals surface area contributed by atoms with Gasteiger partial charge in [0.1, 0.15) is 10.8 Å². The molecule has 26 heavy (non-hydrogen) atoms. The molecule has 130 valence electrons. The largest absolute Gasteiger partial charge is 0.370 e. The molecule has 5 nitrogen and oxygen atoms in total. The zero-order chi connectivity index (χ0) is 18.2. The predicted molar refractivity (Wildman–Crippen MR) is 105 cm³/mol. The maximum atomic E-state index is 11.8. The van der Waals surface area contributed by atoms with E-state index in [1.165, 1.54) is 6.20 Å². The molecule has 0 fully saturated rings. The summed E-state index contributed by atoms with van der Waals surface area (Å²) in [6.45, 7) is 0.922. The number of benzene rings is 1. The van der Waals surface area contributed by atoms with Gasteiger partial charge in [-0.3, -0.25) is 4.79 Å². The van der Waals surface area contributed by atoms with Crippen LogP contribution in [-0.4, -0.2) is 29.0 Å². The number of anilines is 1. The Kier molecular flexibility index (Phi) is 5.96. The maximum absolute atomic E-state index is 11.8. The number of amides is 1. The van der Waals surface area contributed by atoms with Gasteiger partial charge in [0.25, 0.3) is 5.91 Å². The Morgan fingerprint density at radius 1 is 1.19 bits per heavy atom. The summed E-state index contributed by atoms with van der Waals surface area (Å²) >= 11 is 1.65. The highest BCUT2D eigenvalue weighted by Gasteiger charge is 2.06. The molecule has 0 saturated heterocycles. The second-order valence-electron chi connectivity index (χ2n) is 5.51. The van der Waals surface area contributed by atoms with Crippen LogP contribution in [0, 0.1) is 12.3 Å². The number of aromatic nitrogens is 2. The Morgan fingerprint density at radius 3 is 2.77 bits per heavy atom. The number of carbonyl (C=O) groups is 1. The molecule has 2 aromatic heterocycles. The SMILES string of the molecule is C#CCNC(=O)c1ccc(NCCc2csc(-c3ccccc3)n2)nc1. The van der Waals surface area contributed by atoms with Crippen LogP contribution >= 0.6 is 11.3 Å². The fourth-order valence-corrected chi connectivity index (χ4v) is 3.18. The van der Waals surface area contributed by atoms with Crippen molar-refractivity contribution in [1.82, 2.24) is 15.3 Å². The van der Waals surface area contributed by atoms with Gasteiger partial charge in [0, 0.05) is 30.1 Å². The lowest BCUT2D eigenvalue weighted by atomic mass is 10.2. The molecule has 2 N–H and O–H groups in total. The molecular formula is C20H18N4OS. The van der Waals surface area contributed by atoms with E-state index in [-0.39, 0.29) is 12.5 Å². The van der Waals surface area contributed by atoms with Gasteiger partial charge in [0.05, 0.1) is 17.8 Å². The highest BCUT2D eigenvalue weighted by Crippen LogP contribution is 2.23. The monoisotopic (exact) mass is 362 g/mol. The standard InChI is InChI=1S/C20H18N4OS/c1-2-11-22-19(25)16-8-9-18(23-13-16)21-12-10-17-14-26-20(24-17)15-6-4-3-5-7-15/h1,3-9,13-14H,10-12H2,(H,21,23)(H,22,25). The third-order valence-corrected chi connectivity index (χ3v) is 4.58. The predicted octanol–water partition coefficient (Wildman–Crippen LogP) is 3.22. The van der Waals surface area contributed by atoms with E-state index >= 15 is 0 Å². The first-order chi connectivity index (χ1) is 12.8. The maximum Gasteiger partial charge on any atom is 0.253 e. The van der Waals surface area contributed by atoms with Gasteiger partial charge in [0.15, 0.2) is 0 Å². The third-order valence-electron chi connectivity index (χ3n) is 3.64. The van der Waals surface area contributed by atoms with E-state index in [2.05, 4.69) is 44.0 Å². The number of nitrogens with one attached hydrogen (secondary N) is 2. The highest BCUT2D eigenvalue weighted by molar-refractivity contribution is 7.13. The summed E-state index contributed by atoms with van der Waals surface area (Å²) in [5.74, 6) is 2.86. The van der Waals surface area contributed by atoms with Crippen molar-refractivity contribution in [3.8, 4) is 22.9 Å². The summed E-state index contributed by atoms with van der Waals surface area (Å²) in [6.07, 6.45) is 7.45. The van der Waals surface area contributed by atoms with Crippen LogP contribution in [0.3, 0.4) is 0 Å². The number of hydrogen-bond acceptors (Lipinski definition) is 5. The molecule has 2 heterocycles. The Balaban J connectivity index is 1.50. The average Bonchev–Trinajstić information content (AvgIpc) is 3.16. The topological polar surface area (TPSA) is 66.9 Å². The van der Waals surface area contributed by atoms with Crippen LogP contribution in [0.2, 0.25) is 0 Å². The van der Waals surface area contributed by atoms with Crippen molar-refractivity contribution in [2.45, 2.75) is 6.42 Å². The minimum absolute atomic E-state index is 0.206. The van der Waals surface area contributed by atoms with Crippen molar-refractivity contribution < 1.29 is 4.79 Å². The highest BCUT2D eigenvalue weighted by atomic mass is 32.1. The van der Waals surface area contributed by atoms with Crippen molar-refractivity contribution in [2.24, 2.45) is 0 Å². The number of hydrogen-bond donors (Lipinski definition) is 2. The zero-order valence-corrected chi connectivity index (χ0v) is 14.9. The fraction of sp³-hybridized carbons (Fsp3) is 0.150. The summed E-state index contributed by atoms with van der Waals surface area (Å²) in [4.78, 5) is 20.7. The second kappa shape index (κ2) is 8.79. The Morgan fingerprint density at radius 2 is 2.04 bits per heavy atom. The van der Waals surface area contributed by atoms with E-state index in [0.29, 0.717) is 12.1 Å². The molecular weight excluding hydrogens is 344 g/mol. The third kappa shape index (κ3) is 4.68. The van der Waals surface area contributed by atoms with Crippen molar-refractivity contribution in [2.75, 3.05) is 18.4 Å². The molecule has 6 heteroatoms. The molecule has 0 aliphatic carbocycles. The number of thiazole rings is 1. The van der Waals surface area contributed by atoms with Crippen molar-refractivity contribution in [1.29, 1.82) is 0 Å². The number of terminal acetylenes is 1. The van der Waals surface area contributed by atoms with Crippen LogP contribution in [0.5, 0.6) is 0 Å². The molecule has 0 atom stereocenters. The lowest BCUT2D eigenvalue weighted by molar-refractivity contribution is 0.0958. The molecule has 0 spiro atoms. The molecule has 0 radical (unpaired) electrons. The summed E-state index contributed by atoms with van der Waals surface area (Å²) in [7, 11) is 0. The van der Waals surface area contributed by atoms with Crippen molar-refractivity contribution in [3.05, 3.63) is 65.3 Å². The molecule has 1 amide bonds. The van der Waals surface area contributed by atoms with Crippen molar-refractivity contribution >= 4 is 23.1 Å². The first-order valence-corrected chi connectivity index (χ1v) is 9.05. The number of pyridine rings is 1. The number of carbonyl (C=O) groups excluding carboxylic acids is 1. The summed E-state index contributed by atoms with van der Waals surface area (Å²) in [5.41, 5.74) is 2.67. The lowest BCUT2D eigenvalue weighted by Crippen LogP contribution is -2.23. The molecule has 0 aliphatic heterocycles. The minimum atomic E-state index is -0.224. The first-order valence-electron chi connectivity index (χ1n) is 8.17. The van der Waals surface area contributed by atoms with Crippen LogP contribution in [0.1, 0.15) is 16.1 Å². The van der Waals surface area contributed by atoms with Crippen LogP contribution < -0.4 is 10.6 Å². The van der Waals surface area contributed by atoms with E-state index < -0.39 is 0 Å². The summed E-state index contributed by atoms with van der Waals surface area (Å²) < 4.78 is 0. The fourth-order valence-electron chi connectivity index (χ4n) is 2.32. The van der Waals surface area contributed by atoms with Gasteiger partial charge in [-0.1, -0.05) is 36.3 Å². The minimum Gasteiger partial charge on any atom is -0.370 e. The van der Waals surface area contributed by atoms with E-state index in [4.69, 9.17) is 6.42 Å². The van der Waals surface area contributed by atoms with Crippen LogP contribution in [-0.2, 0) is 6.42 Å². The van der Waals surface area contributed by atoms with Gasteiger partial charge in [0.2, 0.25) is 0 Å². The molecule has 1 aromatic carbocycles. The molecule has 0 bridgehead atoms. The summed E-state index contributed by atoms with van der Waals surface area (Å²) in [6, 6.07) is 13.6. The normalized spacial score (nSPS) is 10.1. The van der Waals surface area contributed by atoms with E-state index in [0.717, 1.165) is 28.5 Å². The molecule has 0 aliphatic rings. The Hall–Kier alpha value is -3.17. The molecule has 3 rings (SSSR count). The summed E-state index contributed by atoms with van der Waals surface area (Å²) in [5, 5.41) is 8.96. The van der Waals surface area contributed by atoms with Gasteiger partial charge in [-0.15, -0.1) is 17.8 Å². The van der Waals surface area contributed by atoms with Gasteiger partial charge < -0.3 is 10.6 Å². The second-order valence-corrected chi connectivity index (χ2v) is 6.36. The Bertz CT molecular complexity index is 898. The quantitative estimate of drug-likeness (QED) is 0.633. The molecule has 3 aromatic rings. The number of nitrogens with zero attached hydrogens (tertiary/aromatic N) is 2. The van der Waals surface area contributed by atoms with Gasteiger partial charge >= 0.3 is 0 Å². The average molecular weight is 362 g/mol. The Labute approximate surface area is 156 Å². The van der Waals surface area contributed by atoms with Crippen LogP contribution in [0.25, 0.3) is 10.6 Å². The van der Waals surface area contributed by atoms with Gasteiger partial charge in [-0.05, 0) is 12.1 Å². The smallest absolute Gasteiger partial charge is 0.253 e. The van der Waals surface area contributed by atoms with Gasteiger partial charge in [-0.2, -0.15) is 0 Å². The van der Waals surface area contributed by atoms with Crippen LogP contribution in [0.4, 0.5) is 5.82 Å². The lowest BCUT2D eigenvalue weighted by Gasteiger charge is -2.06. The van der Waals surface area contributed by atoms with E-state index in [1.807, 2.05) is 18.2 Å². The molecule has 0 saturated carbocycles.